The predicted molar refractivity (Wildman–Crippen MR) is 104 cm³/mol. The summed E-state index contributed by atoms with van der Waals surface area (Å²) >= 11 is 0. The van der Waals surface area contributed by atoms with Crippen LogP contribution in [0.25, 0.3) is 0 Å². The molecule has 0 aliphatic carbocycles. The number of benzene rings is 3. The average molecular weight is 322 g/mol. The Hall–Kier alpha value is -1.48. The van der Waals surface area contributed by atoms with Crippen molar-refractivity contribution in [1.29, 1.82) is 0 Å². The third-order valence-corrected chi connectivity index (χ3v) is 8.44. The van der Waals surface area contributed by atoms with Gasteiger partial charge >= 0.3 is 0 Å². The van der Waals surface area contributed by atoms with Crippen LogP contribution in [0.1, 0.15) is 0 Å². The fourth-order valence-corrected chi connectivity index (χ4v) is 6.76. The van der Waals surface area contributed by atoms with Crippen molar-refractivity contribution in [3.05, 3.63) is 84.9 Å². The van der Waals surface area contributed by atoms with Crippen LogP contribution in [-0.2, 0) is 0 Å². The topological polar surface area (TPSA) is 0 Å². The van der Waals surface area contributed by atoms with Gasteiger partial charge in [0.2, 0.25) is 0 Å². The molecule has 0 heterocycles. The lowest BCUT2D eigenvalue weighted by molar-refractivity contribution is 1.76. The van der Waals surface area contributed by atoms with E-state index in [0.29, 0.717) is 0 Å². The van der Waals surface area contributed by atoms with Crippen molar-refractivity contribution in [2.45, 2.75) is 0 Å². The van der Waals surface area contributed by atoms with E-state index in [1.807, 2.05) is 0 Å². The van der Waals surface area contributed by atoms with Crippen LogP contribution in [0.5, 0.6) is 0 Å². The van der Waals surface area contributed by atoms with E-state index in [1.165, 1.54) is 21.2 Å². The summed E-state index contributed by atoms with van der Waals surface area (Å²) in [7, 11) is -0.596. The van der Waals surface area contributed by atoms with Crippen molar-refractivity contribution in [3.63, 3.8) is 0 Å². The van der Waals surface area contributed by atoms with E-state index in [1.54, 1.807) is 0 Å². The van der Waals surface area contributed by atoms with Gasteiger partial charge in [-0.3, -0.25) is 0 Å². The fraction of sp³-hybridized carbons (Fsp3) is 0.100. The van der Waals surface area contributed by atoms with E-state index in [9.17, 15) is 0 Å². The molecule has 0 unspecified atom stereocenters. The first-order valence-electron chi connectivity index (χ1n) is 7.44. The van der Waals surface area contributed by atoms with Crippen LogP contribution in [0.15, 0.2) is 84.9 Å². The lowest BCUT2D eigenvalue weighted by Crippen LogP contribution is -2.27. The van der Waals surface area contributed by atoms with Crippen molar-refractivity contribution >= 4 is 37.1 Å². The summed E-state index contributed by atoms with van der Waals surface area (Å²) in [4.78, 5) is 0. The Morgan fingerprint density at radius 2 is 0.773 bits per heavy atom. The van der Waals surface area contributed by atoms with E-state index in [2.05, 4.69) is 98.3 Å². The van der Waals surface area contributed by atoms with Crippen molar-refractivity contribution in [2.75, 3.05) is 13.3 Å². The highest BCUT2D eigenvalue weighted by Crippen LogP contribution is 2.34. The number of rotatable bonds is 4. The number of hydrogen-bond donors (Lipinski definition) is 0. The minimum Gasteiger partial charge on any atom is -0.0622 e. The molecule has 2 atom stereocenters. The zero-order chi connectivity index (χ0) is 15.4. The lowest BCUT2D eigenvalue weighted by atomic mass is 10.4. The number of hydrogen-bond acceptors (Lipinski definition) is 0. The molecule has 0 amide bonds. The zero-order valence-corrected chi connectivity index (χ0v) is 14.8. The molecule has 2 heteroatoms. The highest BCUT2D eigenvalue weighted by molar-refractivity contribution is 7.78. The molecular weight excluding hydrogens is 302 g/mol. The van der Waals surface area contributed by atoms with Gasteiger partial charge in [-0.05, 0) is 50.4 Å². The van der Waals surface area contributed by atoms with E-state index in [4.69, 9.17) is 0 Å². The Morgan fingerprint density at radius 1 is 0.455 bits per heavy atom. The van der Waals surface area contributed by atoms with Crippen molar-refractivity contribution in [1.82, 2.24) is 0 Å². The maximum Gasteiger partial charge on any atom is -0.0118 e. The molecule has 0 N–H and O–H groups in total. The lowest BCUT2D eigenvalue weighted by Gasteiger charge is -2.22. The minimum atomic E-state index is -0.298. The van der Waals surface area contributed by atoms with Crippen LogP contribution in [-0.4, -0.2) is 13.3 Å². The van der Waals surface area contributed by atoms with E-state index >= 15 is 0 Å². The molecule has 0 saturated carbocycles. The van der Waals surface area contributed by atoms with Crippen LogP contribution in [0.4, 0.5) is 0 Å². The van der Waals surface area contributed by atoms with Gasteiger partial charge in [0.05, 0.1) is 0 Å². The Labute approximate surface area is 135 Å². The molecule has 3 aromatic rings. The third-order valence-electron chi connectivity index (χ3n) is 3.89. The Morgan fingerprint density at radius 3 is 1.14 bits per heavy atom. The highest BCUT2D eigenvalue weighted by Gasteiger charge is 2.16. The Balaban J connectivity index is 2.00. The van der Waals surface area contributed by atoms with Gasteiger partial charge in [-0.1, -0.05) is 84.9 Å². The Bertz CT molecular complexity index is 658. The van der Waals surface area contributed by atoms with Crippen molar-refractivity contribution < 1.29 is 0 Å². The van der Waals surface area contributed by atoms with E-state index in [0.717, 1.165) is 0 Å². The first-order valence-corrected chi connectivity index (χ1v) is 11.0. The normalized spacial score (nSPS) is 13.5. The van der Waals surface area contributed by atoms with Crippen molar-refractivity contribution in [2.24, 2.45) is 0 Å². The standard InChI is InChI=1S/C20H20P2/c1-21(17-11-5-3-6-12-17)19-15-9-10-16-20(19)22(2)18-13-7-4-8-14-18/h3-16H,1-2H3/t21-,22+. The molecule has 0 spiro atoms. The highest BCUT2D eigenvalue weighted by atomic mass is 31.1. The molecular formula is C20H20P2. The maximum absolute atomic E-state index is 2.37. The SMILES string of the molecule is C[P@](c1ccccc1)c1ccccc1[P@@](C)c1ccccc1. The van der Waals surface area contributed by atoms with Gasteiger partial charge in [-0.25, -0.2) is 0 Å². The first-order chi connectivity index (χ1) is 10.8. The minimum absolute atomic E-state index is 0.298. The van der Waals surface area contributed by atoms with Crippen LogP contribution in [0, 0.1) is 0 Å². The smallest absolute Gasteiger partial charge is 0.0118 e. The van der Waals surface area contributed by atoms with Gasteiger partial charge in [0.1, 0.15) is 0 Å². The zero-order valence-electron chi connectivity index (χ0n) is 13.0. The summed E-state index contributed by atoms with van der Waals surface area (Å²) in [6.45, 7) is 4.75. The molecule has 0 aliphatic heterocycles. The first kappa shape index (κ1) is 15.4. The molecule has 110 valence electrons. The molecule has 3 aromatic carbocycles. The van der Waals surface area contributed by atoms with Gasteiger partial charge < -0.3 is 0 Å². The van der Waals surface area contributed by atoms with Gasteiger partial charge in [-0.2, -0.15) is 0 Å². The fourth-order valence-electron chi connectivity index (χ4n) is 2.61. The third kappa shape index (κ3) is 3.30. The molecule has 0 radical (unpaired) electrons. The largest absolute Gasteiger partial charge is 0.0622 e. The summed E-state index contributed by atoms with van der Waals surface area (Å²) in [5.74, 6) is 0. The van der Waals surface area contributed by atoms with Crippen LogP contribution in [0.2, 0.25) is 0 Å². The van der Waals surface area contributed by atoms with Crippen LogP contribution in [0.3, 0.4) is 0 Å². The second-order valence-corrected chi connectivity index (χ2v) is 9.51. The summed E-state index contributed by atoms with van der Waals surface area (Å²) in [6.07, 6.45) is 0. The molecule has 3 rings (SSSR count). The quantitative estimate of drug-likeness (QED) is 0.641. The van der Waals surface area contributed by atoms with Crippen molar-refractivity contribution in [3.8, 4) is 0 Å². The maximum atomic E-state index is 2.37. The molecule has 0 saturated heterocycles. The summed E-state index contributed by atoms with van der Waals surface area (Å²) in [5, 5.41) is 5.92. The molecule has 0 nitrogen and oxygen atoms in total. The average Bonchev–Trinajstić information content (AvgIpc) is 2.62. The van der Waals surface area contributed by atoms with E-state index in [-0.39, 0.29) is 15.8 Å². The molecule has 0 aliphatic rings. The molecule has 0 bridgehead atoms. The van der Waals surface area contributed by atoms with E-state index < -0.39 is 0 Å². The van der Waals surface area contributed by atoms with Crippen LogP contribution >= 0.6 is 15.8 Å². The summed E-state index contributed by atoms with van der Waals surface area (Å²) in [6, 6.07) is 30.7. The van der Waals surface area contributed by atoms with Gasteiger partial charge in [0.15, 0.2) is 0 Å². The second-order valence-electron chi connectivity index (χ2n) is 5.28. The molecule has 0 fully saturated rings. The van der Waals surface area contributed by atoms with Gasteiger partial charge in [0, 0.05) is 0 Å². The van der Waals surface area contributed by atoms with Crippen LogP contribution < -0.4 is 21.2 Å². The predicted octanol–water partition coefficient (Wildman–Crippen LogP) is 3.81. The Kier molecular flexibility index (Phi) is 5.04. The van der Waals surface area contributed by atoms with Gasteiger partial charge in [0.25, 0.3) is 0 Å². The summed E-state index contributed by atoms with van der Waals surface area (Å²) < 4.78 is 0. The molecule has 22 heavy (non-hydrogen) atoms. The monoisotopic (exact) mass is 322 g/mol. The summed E-state index contributed by atoms with van der Waals surface area (Å²) in [5.41, 5.74) is 0. The van der Waals surface area contributed by atoms with Gasteiger partial charge in [-0.15, -0.1) is 0 Å². The second kappa shape index (κ2) is 7.19. The molecule has 0 aromatic heterocycles.